The summed E-state index contributed by atoms with van der Waals surface area (Å²) in [6.45, 7) is 5.30. The number of rotatable bonds is 7. The number of carbonyl (C=O) groups excluding carboxylic acids is 3. The minimum absolute atomic E-state index is 0.00360. The molecule has 0 aliphatic carbocycles. The number of ether oxygens (including phenoxy) is 2. The van der Waals surface area contributed by atoms with Crippen molar-refractivity contribution in [1.29, 1.82) is 0 Å². The van der Waals surface area contributed by atoms with E-state index in [9.17, 15) is 14.4 Å². The monoisotopic (exact) mass is 384 g/mol. The Morgan fingerprint density at radius 2 is 1.71 bits per heavy atom. The summed E-state index contributed by atoms with van der Waals surface area (Å²) in [6.07, 6.45) is -0.00360. The summed E-state index contributed by atoms with van der Waals surface area (Å²) in [5.74, 6) is -0.606. The second-order valence-electron chi connectivity index (χ2n) is 6.35. The van der Waals surface area contributed by atoms with Crippen molar-refractivity contribution in [3.8, 4) is 5.75 Å². The molecule has 7 nitrogen and oxygen atoms in total. The van der Waals surface area contributed by atoms with Crippen LogP contribution in [0.1, 0.15) is 23.1 Å². The zero-order valence-electron chi connectivity index (χ0n) is 16.2. The molecule has 0 atom stereocenters. The summed E-state index contributed by atoms with van der Waals surface area (Å²) in [5.41, 5.74) is 3.51. The van der Waals surface area contributed by atoms with Crippen LogP contribution in [0.3, 0.4) is 0 Å². The Morgan fingerprint density at radius 1 is 0.964 bits per heavy atom. The molecule has 3 amide bonds. The largest absolute Gasteiger partial charge is 0.493 e. The van der Waals surface area contributed by atoms with Crippen LogP contribution >= 0.6 is 0 Å². The molecule has 0 unspecified atom stereocenters. The number of anilines is 1. The van der Waals surface area contributed by atoms with Crippen molar-refractivity contribution >= 4 is 23.6 Å². The number of para-hydroxylation sites is 1. The summed E-state index contributed by atoms with van der Waals surface area (Å²) in [6, 6.07) is 12.3. The van der Waals surface area contributed by atoms with E-state index >= 15 is 0 Å². The maximum atomic E-state index is 11.9. The van der Waals surface area contributed by atoms with Gasteiger partial charge in [0.05, 0.1) is 13.0 Å². The Labute approximate surface area is 164 Å². The number of nitrogens with one attached hydrogen (secondary N) is 2. The Balaban J connectivity index is 1.67. The first kappa shape index (κ1) is 21.0. The molecule has 0 bridgehead atoms. The van der Waals surface area contributed by atoms with Gasteiger partial charge in [-0.15, -0.1) is 0 Å². The van der Waals surface area contributed by atoms with Gasteiger partial charge >= 0.3 is 12.0 Å². The van der Waals surface area contributed by atoms with Gasteiger partial charge in [-0.1, -0.05) is 35.9 Å². The van der Waals surface area contributed by atoms with E-state index in [2.05, 4.69) is 10.6 Å². The lowest BCUT2D eigenvalue weighted by Crippen LogP contribution is -2.37. The van der Waals surface area contributed by atoms with E-state index in [0.29, 0.717) is 11.4 Å². The van der Waals surface area contributed by atoms with Crippen molar-refractivity contribution in [2.24, 2.45) is 0 Å². The van der Waals surface area contributed by atoms with Crippen LogP contribution in [0.5, 0.6) is 5.75 Å². The summed E-state index contributed by atoms with van der Waals surface area (Å²) in [7, 11) is 0. The molecule has 0 aliphatic heterocycles. The highest BCUT2D eigenvalue weighted by Gasteiger charge is 2.12. The molecule has 7 heteroatoms. The van der Waals surface area contributed by atoms with Crippen molar-refractivity contribution in [3.63, 3.8) is 0 Å². The van der Waals surface area contributed by atoms with Crippen LogP contribution in [0.2, 0.25) is 0 Å². The quantitative estimate of drug-likeness (QED) is 0.715. The van der Waals surface area contributed by atoms with Gasteiger partial charge < -0.3 is 14.8 Å². The number of amides is 3. The lowest BCUT2D eigenvalue weighted by Gasteiger charge is -2.10. The van der Waals surface area contributed by atoms with E-state index in [1.807, 2.05) is 57.2 Å². The zero-order chi connectivity index (χ0) is 20.5. The third kappa shape index (κ3) is 6.75. The summed E-state index contributed by atoms with van der Waals surface area (Å²) in [4.78, 5) is 35.3. The highest BCUT2D eigenvalue weighted by atomic mass is 16.5. The first-order valence-electron chi connectivity index (χ1n) is 8.87. The van der Waals surface area contributed by atoms with Gasteiger partial charge in [0.1, 0.15) is 5.75 Å². The van der Waals surface area contributed by atoms with E-state index < -0.39 is 24.5 Å². The van der Waals surface area contributed by atoms with Crippen LogP contribution < -0.4 is 15.4 Å². The van der Waals surface area contributed by atoms with Crippen LogP contribution in [0.15, 0.2) is 42.5 Å². The summed E-state index contributed by atoms with van der Waals surface area (Å²) in [5, 5.41) is 4.70. The molecule has 0 fully saturated rings. The summed E-state index contributed by atoms with van der Waals surface area (Å²) >= 11 is 0. The normalized spacial score (nSPS) is 10.1. The average molecular weight is 384 g/mol. The Morgan fingerprint density at radius 3 is 2.43 bits per heavy atom. The maximum absolute atomic E-state index is 11.9. The first-order valence-corrected chi connectivity index (χ1v) is 8.87. The van der Waals surface area contributed by atoms with Gasteiger partial charge in [0.2, 0.25) is 0 Å². The minimum atomic E-state index is -0.713. The number of hydrogen-bond donors (Lipinski definition) is 2. The van der Waals surface area contributed by atoms with Crippen LogP contribution in [0.4, 0.5) is 10.5 Å². The van der Waals surface area contributed by atoms with Crippen molar-refractivity contribution in [1.82, 2.24) is 5.32 Å². The maximum Gasteiger partial charge on any atom is 0.325 e. The van der Waals surface area contributed by atoms with Gasteiger partial charge in [-0.25, -0.2) is 4.79 Å². The van der Waals surface area contributed by atoms with Gasteiger partial charge in [-0.3, -0.25) is 14.9 Å². The van der Waals surface area contributed by atoms with Crippen molar-refractivity contribution in [3.05, 3.63) is 59.2 Å². The first-order chi connectivity index (χ1) is 13.3. The van der Waals surface area contributed by atoms with E-state index in [4.69, 9.17) is 9.47 Å². The van der Waals surface area contributed by atoms with E-state index in [1.54, 1.807) is 6.07 Å². The van der Waals surface area contributed by atoms with Crippen molar-refractivity contribution in [2.75, 3.05) is 18.5 Å². The molecule has 0 saturated heterocycles. The highest BCUT2D eigenvalue weighted by molar-refractivity contribution is 6.02. The Hall–Kier alpha value is -3.35. The topological polar surface area (TPSA) is 93.7 Å². The Kier molecular flexibility index (Phi) is 7.56. The second-order valence-corrected chi connectivity index (χ2v) is 6.35. The minimum Gasteiger partial charge on any atom is -0.493 e. The predicted molar refractivity (Wildman–Crippen MR) is 105 cm³/mol. The van der Waals surface area contributed by atoms with Gasteiger partial charge in [0.15, 0.2) is 6.61 Å². The molecule has 2 rings (SSSR count). The number of imide groups is 1. The average Bonchev–Trinajstić information content (AvgIpc) is 2.64. The molecule has 2 N–H and O–H groups in total. The third-order valence-electron chi connectivity index (χ3n) is 3.90. The standard InChI is InChI=1S/C21H24N2O5/c1-14-8-9-17(16(3)12-14)22-21(26)23-19(24)13-28-20(25)10-11-27-18-7-5-4-6-15(18)2/h4-9,12H,10-11,13H2,1-3H3,(H2,22,23,24,26). The zero-order valence-corrected chi connectivity index (χ0v) is 16.2. The van der Waals surface area contributed by atoms with Gasteiger partial charge in [0, 0.05) is 5.69 Å². The van der Waals surface area contributed by atoms with Crippen LogP contribution in [0, 0.1) is 20.8 Å². The predicted octanol–water partition coefficient (Wildman–Crippen LogP) is 3.27. The number of carbonyl (C=O) groups is 3. The molecule has 2 aromatic rings. The van der Waals surface area contributed by atoms with Crippen LogP contribution in [-0.4, -0.2) is 31.1 Å². The molecular weight excluding hydrogens is 360 g/mol. The Bertz CT molecular complexity index is 864. The number of esters is 1. The molecule has 0 saturated carbocycles. The fourth-order valence-electron chi connectivity index (χ4n) is 2.45. The fraction of sp³-hybridized carbons (Fsp3) is 0.286. The van der Waals surface area contributed by atoms with E-state index in [0.717, 1.165) is 16.7 Å². The lowest BCUT2D eigenvalue weighted by atomic mass is 10.1. The lowest BCUT2D eigenvalue weighted by molar-refractivity contribution is -0.148. The van der Waals surface area contributed by atoms with Gasteiger partial charge in [0.25, 0.3) is 5.91 Å². The number of benzene rings is 2. The SMILES string of the molecule is Cc1ccc(NC(=O)NC(=O)COC(=O)CCOc2ccccc2C)c(C)c1. The van der Waals surface area contributed by atoms with Gasteiger partial charge in [-0.05, 0) is 44.0 Å². The number of hydrogen-bond acceptors (Lipinski definition) is 5. The smallest absolute Gasteiger partial charge is 0.325 e. The number of aryl methyl sites for hydroxylation is 3. The molecule has 148 valence electrons. The third-order valence-corrected chi connectivity index (χ3v) is 3.90. The highest BCUT2D eigenvalue weighted by Crippen LogP contribution is 2.16. The molecule has 0 heterocycles. The van der Waals surface area contributed by atoms with Gasteiger partial charge in [-0.2, -0.15) is 0 Å². The molecule has 0 radical (unpaired) electrons. The summed E-state index contributed by atoms with van der Waals surface area (Å²) < 4.78 is 10.4. The fourth-order valence-corrected chi connectivity index (χ4v) is 2.45. The van der Waals surface area contributed by atoms with Crippen LogP contribution in [-0.2, 0) is 14.3 Å². The van der Waals surface area contributed by atoms with Crippen molar-refractivity contribution in [2.45, 2.75) is 27.2 Å². The molecule has 2 aromatic carbocycles. The molecule has 0 aromatic heterocycles. The van der Waals surface area contributed by atoms with E-state index in [-0.39, 0.29) is 13.0 Å². The number of urea groups is 1. The molecule has 28 heavy (non-hydrogen) atoms. The molecule has 0 spiro atoms. The second kappa shape index (κ2) is 10.1. The molecular formula is C21H24N2O5. The van der Waals surface area contributed by atoms with Crippen molar-refractivity contribution < 1.29 is 23.9 Å². The molecule has 0 aliphatic rings. The van der Waals surface area contributed by atoms with Crippen LogP contribution in [0.25, 0.3) is 0 Å². The van der Waals surface area contributed by atoms with E-state index in [1.165, 1.54) is 0 Å².